The second-order valence-corrected chi connectivity index (χ2v) is 2.67. The third kappa shape index (κ3) is 1.13. The maximum atomic E-state index is 11.4. The van der Waals surface area contributed by atoms with Crippen LogP contribution in [0.3, 0.4) is 0 Å². The first kappa shape index (κ1) is 7.99. The van der Waals surface area contributed by atoms with Crippen molar-refractivity contribution in [1.29, 1.82) is 0 Å². The van der Waals surface area contributed by atoms with Gasteiger partial charge in [0.15, 0.2) is 5.69 Å². The summed E-state index contributed by atoms with van der Waals surface area (Å²) in [5.74, 6) is 5.27. The SMILES string of the molecule is NN1C=[N+]([O-])c2ccccc2[NH+]1[O-]. The zero-order valence-corrected chi connectivity index (χ0v) is 6.68. The summed E-state index contributed by atoms with van der Waals surface area (Å²) in [5, 5.41) is 23.0. The molecule has 68 valence electrons. The number of hydrogen-bond donors (Lipinski definition) is 2. The lowest BCUT2D eigenvalue weighted by atomic mass is 10.2. The molecule has 0 radical (unpaired) electrons. The molecule has 0 fully saturated rings. The smallest absolute Gasteiger partial charge is 0.317 e. The van der Waals surface area contributed by atoms with Crippen LogP contribution in [0, 0.1) is 10.4 Å². The number of nitrogens with zero attached hydrogens (tertiary/aromatic N) is 2. The highest BCUT2D eigenvalue weighted by atomic mass is 16.6. The van der Waals surface area contributed by atoms with Gasteiger partial charge >= 0.3 is 6.34 Å². The molecule has 1 aliphatic heterocycles. The minimum Gasteiger partial charge on any atom is -0.710 e. The highest BCUT2D eigenvalue weighted by Crippen LogP contribution is 2.20. The van der Waals surface area contributed by atoms with Gasteiger partial charge in [-0.25, -0.2) is 4.74 Å². The number of fused-ring (bicyclic) bond motifs is 1. The summed E-state index contributed by atoms with van der Waals surface area (Å²) in [6.45, 7) is 0. The van der Waals surface area contributed by atoms with E-state index in [9.17, 15) is 10.4 Å². The Bertz CT molecular complexity index is 365. The first-order valence-electron chi connectivity index (χ1n) is 3.69. The Morgan fingerprint density at radius 2 is 2.08 bits per heavy atom. The number of nitrogens with one attached hydrogen (secondary N) is 1. The molecule has 0 aliphatic carbocycles. The van der Waals surface area contributed by atoms with Gasteiger partial charge in [-0.15, -0.1) is 11.0 Å². The predicted octanol–water partition coefficient (Wildman–Crippen LogP) is -1.02. The lowest BCUT2D eigenvalue weighted by Crippen LogP contribution is -3.11. The fraction of sp³-hybridized carbons (Fsp3) is 0. The average molecular weight is 180 g/mol. The van der Waals surface area contributed by atoms with Gasteiger partial charge in [-0.05, 0) is 11.2 Å². The van der Waals surface area contributed by atoms with E-state index in [2.05, 4.69) is 0 Å². The summed E-state index contributed by atoms with van der Waals surface area (Å²) in [6.07, 6.45) is 1.00. The van der Waals surface area contributed by atoms with Crippen molar-refractivity contribution in [2.45, 2.75) is 0 Å². The lowest BCUT2D eigenvalue weighted by Gasteiger charge is -2.27. The second-order valence-electron chi connectivity index (χ2n) is 2.67. The molecule has 3 N–H and O–H groups in total. The van der Waals surface area contributed by atoms with Crippen LogP contribution in [-0.4, -0.2) is 16.2 Å². The van der Waals surface area contributed by atoms with Gasteiger partial charge in [-0.2, -0.15) is 0 Å². The molecule has 6 heteroatoms. The first-order chi connectivity index (χ1) is 6.20. The first-order valence-corrected chi connectivity index (χ1v) is 3.69. The second kappa shape index (κ2) is 2.70. The van der Waals surface area contributed by atoms with Crippen LogP contribution in [-0.2, 0) is 0 Å². The molecular weight excluding hydrogens is 172 g/mol. The topological polar surface area (TPSA) is 82.8 Å². The van der Waals surface area contributed by atoms with E-state index < -0.39 is 0 Å². The van der Waals surface area contributed by atoms with Gasteiger partial charge < -0.3 is 10.4 Å². The molecule has 0 bridgehead atoms. The highest BCUT2D eigenvalue weighted by Gasteiger charge is 2.25. The Morgan fingerprint density at radius 1 is 1.38 bits per heavy atom. The molecule has 13 heavy (non-hydrogen) atoms. The van der Waals surface area contributed by atoms with Crippen molar-refractivity contribution < 1.29 is 9.91 Å². The number of quaternary nitrogens is 1. The molecule has 1 aromatic rings. The van der Waals surface area contributed by atoms with Crippen LogP contribution in [0.15, 0.2) is 24.3 Å². The molecule has 1 unspecified atom stereocenters. The number of hydrazine groups is 1. The van der Waals surface area contributed by atoms with Crippen molar-refractivity contribution in [3.8, 4) is 0 Å². The van der Waals surface area contributed by atoms with Gasteiger partial charge in [-0.3, -0.25) is 0 Å². The molecule has 2 rings (SSSR count). The van der Waals surface area contributed by atoms with E-state index in [4.69, 9.17) is 5.84 Å². The van der Waals surface area contributed by atoms with E-state index in [1.54, 1.807) is 24.3 Å². The Balaban J connectivity index is 2.58. The van der Waals surface area contributed by atoms with E-state index >= 15 is 0 Å². The molecule has 0 saturated heterocycles. The zero-order chi connectivity index (χ0) is 9.42. The summed E-state index contributed by atoms with van der Waals surface area (Å²) in [5.41, 5.74) is 0.650. The lowest BCUT2D eigenvalue weighted by molar-refractivity contribution is -0.903. The average Bonchev–Trinajstić information content (AvgIpc) is 2.15. The minimum absolute atomic E-state index is 0.322. The molecule has 6 nitrogen and oxygen atoms in total. The normalized spacial score (nSPS) is 20.9. The maximum absolute atomic E-state index is 11.4. The Morgan fingerprint density at radius 3 is 2.85 bits per heavy atom. The van der Waals surface area contributed by atoms with Gasteiger partial charge in [0.25, 0.3) is 0 Å². The highest BCUT2D eigenvalue weighted by molar-refractivity contribution is 5.59. The van der Waals surface area contributed by atoms with Crippen molar-refractivity contribution in [3.63, 3.8) is 0 Å². The molecule has 1 atom stereocenters. The number of hydrogen-bond acceptors (Lipinski definition) is 4. The van der Waals surface area contributed by atoms with Gasteiger partial charge in [0.05, 0.1) is 0 Å². The van der Waals surface area contributed by atoms with E-state index in [0.29, 0.717) is 16.1 Å². The van der Waals surface area contributed by atoms with E-state index in [-0.39, 0.29) is 5.17 Å². The fourth-order valence-corrected chi connectivity index (χ4v) is 1.21. The number of para-hydroxylation sites is 1. The predicted molar refractivity (Wildman–Crippen MR) is 45.8 cm³/mol. The van der Waals surface area contributed by atoms with Gasteiger partial charge in [0, 0.05) is 6.07 Å². The molecule has 1 aromatic carbocycles. The standard InChI is InChI=1S/C7H8N4O2/c8-10-5-9(12)6-3-1-2-4-7(6)11(10)13/h1-5,11H,8H2. The quantitative estimate of drug-likeness (QED) is 0.304. The molecule has 1 aliphatic rings. The van der Waals surface area contributed by atoms with E-state index in [1.165, 1.54) is 0 Å². The fourth-order valence-electron chi connectivity index (χ4n) is 1.21. The largest absolute Gasteiger partial charge is 0.710 e. The van der Waals surface area contributed by atoms with Crippen molar-refractivity contribution in [1.82, 2.24) is 5.12 Å². The van der Waals surface area contributed by atoms with Crippen molar-refractivity contribution in [2.24, 2.45) is 5.84 Å². The summed E-state index contributed by atoms with van der Waals surface area (Å²) >= 11 is 0. The Kier molecular flexibility index (Phi) is 1.66. The van der Waals surface area contributed by atoms with Crippen LogP contribution in [0.25, 0.3) is 0 Å². The number of rotatable bonds is 0. The molecule has 0 saturated carbocycles. The van der Waals surface area contributed by atoms with Crippen molar-refractivity contribution in [2.75, 3.05) is 0 Å². The maximum Gasteiger partial charge on any atom is 0.317 e. The van der Waals surface area contributed by atoms with Gasteiger partial charge in [0.1, 0.15) is 0 Å². The van der Waals surface area contributed by atoms with Crippen LogP contribution in [0.5, 0.6) is 0 Å². The van der Waals surface area contributed by atoms with Crippen LogP contribution in [0.2, 0.25) is 0 Å². The molecule has 0 amide bonds. The third-order valence-corrected chi connectivity index (χ3v) is 1.84. The Hall–Kier alpha value is -1.63. The Labute approximate surface area is 74.2 Å². The van der Waals surface area contributed by atoms with Crippen LogP contribution in [0.1, 0.15) is 0 Å². The summed E-state index contributed by atoms with van der Waals surface area (Å²) < 4.78 is 0.566. The third-order valence-electron chi connectivity index (χ3n) is 1.84. The molecule has 0 aromatic heterocycles. The van der Waals surface area contributed by atoms with Crippen LogP contribution >= 0.6 is 0 Å². The number of benzene rings is 1. The van der Waals surface area contributed by atoms with Crippen molar-refractivity contribution >= 4 is 17.7 Å². The van der Waals surface area contributed by atoms with Crippen LogP contribution in [0.4, 0.5) is 11.4 Å². The molecular formula is C7H8N4O2. The summed E-state index contributed by atoms with van der Waals surface area (Å²) in [7, 11) is 0. The molecule has 1 heterocycles. The number of nitrogens with two attached hydrogens (primary N) is 1. The van der Waals surface area contributed by atoms with Gasteiger partial charge in [0.2, 0.25) is 5.69 Å². The monoisotopic (exact) mass is 180 g/mol. The van der Waals surface area contributed by atoms with Crippen LogP contribution < -0.4 is 11.0 Å². The van der Waals surface area contributed by atoms with Gasteiger partial charge in [-0.1, -0.05) is 12.1 Å². The summed E-state index contributed by atoms with van der Waals surface area (Å²) in [6, 6.07) is 6.51. The van der Waals surface area contributed by atoms with E-state index in [1.807, 2.05) is 0 Å². The zero-order valence-electron chi connectivity index (χ0n) is 6.68. The molecule has 0 spiro atoms. The summed E-state index contributed by atoms with van der Waals surface area (Å²) in [4.78, 5) is 0. The minimum atomic E-state index is -0.372. The van der Waals surface area contributed by atoms with Crippen molar-refractivity contribution in [3.05, 3.63) is 34.7 Å². The van der Waals surface area contributed by atoms with E-state index in [0.717, 1.165) is 11.5 Å².